The van der Waals surface area contributed by atoms with Crippen LogP contribution < -0.4 is 22.5 Å². The SMILES string of the molecule is CCOC(=O)[C@@H](N)CCCCNC(=O)[C@@H](N)CSSC[C@H](N)C(=O)O. The summed E-state index contributed by atoms with van der Waals surface area (Å²) >= 11 is 0. The molecule has 0 radical (unpaired) electrons. The molecular formula is C14H28N4O5S2. The number of hydrogen-bond donors (Lipinski definition) is 5. The molecule has 0 bridgehead atoms. The number of nitrogens with two attached hydrogens (primary N) is 3. The van der Waals surface area contributed by atoms with Gasteiger partial charge in [0.05, 0.1) is 12.6 Å². The molecule has 0 aliphatic rings. The molecule has 0 unspecified atom stereocenters. The number of rotatable bonds is 14. The molecule has 8 N–H and O–H groups in total. The van der Waals surface area contributed by atoms with Crippen LogP contribution in [0.2, 0.25) is 0 Å². The maximum atomic E-state index is 11.8. The first kappa shape index (κ1) is 24.0. The highest BCUT2D eigenvalue weighted by Crippen LogP contribution is 2.22. The third kappa shape index (κ3) is 12.1. The van der Waals surface area contributed by atoms with Gasteiger partial charge in [0.15, 0.2) is 0 Å². The topological polar surface area (TPSA) is 171 Å². The van der Waals surface area contributed by atoms with E-state index in [1.807, 2.05) is 0 Å². The van der Waals surface area contributed by atoms with Crippen molar-refractivity contribution in [3.63, 3.8) is 0 Å². The Morgan fingerprint density at radius 3 is 2.20 bits per heavy atom. The average molecular weight is 397 g/mol. The number of carboxylic acids is 1. The Morgan fingerprint density at radius 1 is 1.04 bits per heavy atom. The highest BCUT2D eigenvalue weighted by molar-refractivity contribution is 8.76. The van der Waals surface area contributed by atoms with Crippen LogP contribution in [0, 0.1) is 0 Å². The fourth-order valence-electron chi connectivity index (χ4n) is 1.59. The van der Waals surface area contributed by atoms with Gasteiger partial charge in [-0.25, -0.2) is 0 Å². The van der Waals surface area contributed by atoms with Gasteiger partial charge in [0.2, 0.25) is 5.91 Å². The molecule has 0 saturated heterocycles. The maximum absolute atomic E-state index is 11.8. The van der Waals surface area contributed by atoms with Gasteiger partial charge in [-0.05, 0) is 26.2 Å². The molecule has 0 aliphatic carbocycles. The summed E-state index contributed by atoms with van der Waals surface area (Å²) in [4.78, 5) is 33.7. The summed E-state index contributed by atoms with van der Waals surface area (Å²) in [6.07, 6.45) is 1.87. The summed E-state index contributed by atoms with van der Waals surface area (Å²) in [7, 11) is 2.58. The lowest BCUT2D eigenvalue weighted by atomic mass is 10.1. The molecule has 11 heteroatoms. The van der Waals surface area contributed by atoms with Gasteiger partial charge in [-0.1, -0.05) is 21.6 Å². The minimum absolute atomic E-state index is 0.245. The first-order valence-corrected chi connectivity index (χ1v) is 10.5. The lowest BCUT2D eigenvalue weighted by Crippen LogP contribution is -2.42. The second-order valence-corrected chi connectivity index (χ2v) is 7.82. The summed E-state index contributed by atoms with van der Waals surface area (Å²) in [5.41, 5.74) is 16.8. The number of aliphatic carboxylic acids is 1. The number of carboxylic acid groups (broad SMARTS) is 1. The standard InChI is InChI=1S/C14H28N4O5S2/c1-2-23-14(22)9(15)5-3-4-6-18-12(19)10(16)7-24-25-8-11(17)13(20)21/h9-11H,2-8,15-17H2,1H3,(H,18,19)(H,20,21)/t9-,10-,11-/m0/s1. The minimum Gasteiger partial charge on any atom is -0.480 e. The van der Waals surface area contributed by atoms with E-state index < -0.39 is 30.1 Å². The smallest absolute Gasteiger partial charge is 0.322 e. The molecule has 9 nitrogen and oxygen atoms in total. The molecule has 1 amide bonds. The predicted molar refractivity (Wildman–Crippen MR) is 100.0 cm³/mol. The van der Waals surface area contributed by atoms with Gasteiger partial charge in [-0.2, -0.15) is 0 Å². The summed E-state index contributed by atoms with van der Waals surface area (Å²) in [5, 5.41) is 11.4. The van der Waals surface area contributed by atoms with Crippen molar-refractivity contribution in [3.8, 4) is 0 Å². The molecular weight excluding hydrogens is 368 g/mol. The third-order valence-corrected chi connectivity index (χ3v) is 5.54. The summed E-state index contributed by atoms with van der Waals surface area (Å²) < 4.78 is 4.81. The molecule has 0 heterocycles. The fraction of sp³-hybridized carbons (Fsp3) is 0.786. The van der Waals surface area contributed by atoms with E-state index in [-0.39, 0.29) is 11.7 Å². The van der Waals surface area contributed by atoms with Crippen LogP contribution in [-0.4, -0.2) is 65.7 Å². The maximum Gasteiger partial charge on any atom is 0.322 e. The van der Waals surface area contributed by atoms with Crippen LogP contribution in [0.15, 0.2) is 0 Å². The zero-order valence-electron chi connectivity index (χ0n) is 14.3. The zero-order chi connectivity index (χ0) is 19.2. The molecule has 0 spiro atoms. The number of ether oxygens (including phenoxy) is 1. The Morgan fingerprint density at radius 2 is 1.64 bits per heavy atom. The van der Waals surface area contributed by atoms with Gasteiger partial charge in [0, 0.05) is 18.1 Å². The number of amides is 1. The van der Waals surface area contributed by atoms with Gasteiger partial charge in [-0.15, -0.1) is 0 Å². The van der Waals surface area contributed by atoms with Crippen molar-refractivity contribution >= 4 is 39.4 Å². The van der Waals surface area contributed by atoms with Crippen LogP contribution in [0.5, 0.6) is 0 Å². The Balaban J connectivity index is 3.71. The Hall–Kier alpha value is -1.01. The summed E-state index contributed by atoms with van der Waals surface area (Å²) in [6, 6.07) is -2.24. The highest BCUT2D eigenvalue weighted by Gasteiger charge is 2.16. The Labute approximate surface area is 155 Å². The van der Waals surface area contributed by atoms with Crippen molar-refractivity contribution in [3.05, 3.63) is 0 Å². The lowest BCUT2D eigenvalue weighted by molar-refractivity contribution is -0.145. The van der Waals surface area contributed by atoms with Crippen molar-refractivity contribution in [2.75, 3.05) is 24.7 Å². The number of esters is 1. The van der Waals surface area contributed by atoms with E-state index >= 15 is 0 Å². The Kier molecular flexibility index (Phi) is 13.6. The van der Waals surface area contributed by atoms with Crippen LogP contribution in [0.3, 0.4) is 0 Å². The van der Waals surface area contributed by atoms with Gasteiger partial charge < -0.3 is 32.4 Å². The van der Waals surface area contributed by atoms with Crippen LogP contribution >= 0.6 is 21.6 Å². The van der Waals surface area contributed by atoms with E-state index in [1.165, 1.54) is 21.6 Å². The van der Waals surface area contributed by atoms with Gasteiger partial charge in [0.1, 0.15) is 12.1 Å². The molecule has 3 atom stereocenters. The lowest BCUT2D eigenvalue weighted by Gasteiger charge is -2.13. The van der Waals surface area contributed by atoms with Crippen molar-refractivity contribution in [2.24, 2.45) is 17.2 Å². The van der Waals surface area contributed by atoms with Crippen molar-refractivity contribution < 1.29 is 24.2 Å². The van der Waals surface area contributed by atoms with Crippen LogP contribution in [0.4, 0.5) is 0 Å². The molecule has 25 heavy (non-hydrogen) atoms. The van der Waals surface area contributed by atoms with E-state index in [0.29, 0.717) is 38.2 Å². The minimum atomic E-state index is -1.06. The zero-order valence-corrected chi connectivity index (χ0v) is 15.9. The number of unbranched alkanes of at least 4 members (excludes halogenated alkanes) is 1. The first-order chi connectivity index (χ1) is 11.8. The highest BCUT2D eigenvalue weighted by atomic mass is 33.1. The molecule has 146 valence electrons. The van der Waals surface area contributed by atoms with Gasteiger partial charge in [0.25, 0.3) is 0 Å². The quantitative estimate of drug-likeness (QED) is 0.143. The molecule has 0 aromatic heterocycles. The Bertz CT molecular complexity index is 428. The van der Waals surface area contributed by atoms with Gasteiger partial charge >= 0.3 is 11.9 Å². The number of hydrogen-bond acceptors (Lipinski definition) is 9. The van der Waals surface area contributed by atoms with Crippen LogP contribution in [0.1, 0.15) is 26.2 Å². The van der Waals surface area contributed by atoms with E-state index in [4.69, 9.17) is 27.0 Å². The molecule has 0 rings (SSSR count). The second-order valence-electron chi connectivity index (χ2n) is 5.27. The van der Waals surface area contributed by atoms with Crippen LogP contribution in [0.25, 0.3) is 0 Å². The van der Waals surface area contributed by atoms with E-state index in [1.54, 1.807) is 6.92 Å². The van der Waals surface area contributed by atoms with Crippen LogP contribution in [-0.2, 0) is 19.1 Å². The molecule has 0 aromatic carbocycles. The largest absolute Gasteiger partial charge is 0.480 e. The molecule has 0 aromatic rings. The first-order valence-electron chi connectivity index (χ1n) is 7.97. The summed E-state index contributed by atoms with van der Waals surface area (Å²) in [5.74, 6) is -1.14. The number of nitrogens with one attached hydrogen (secondary N) is 1. The third-order valence-electron chi connectivity index (χ3n) is 3.06. The van der Waals surface area contributed by atoms with Gasteiger partial charge in [-0.3, -0.25) is 14.4 Å². The van der Waals surface area contributed by atoms with Crippen molar-refractivity contribution in [1.29, 1.82) is 0 Å². The van der Waals surface area contributed by atoms with Crippen molar-refractivity contribution in [2.45, 2.75) is 44.3 Å². The molecule has 0 saturated carbocycles. The monoisotopic (exact) mass is 396 g/mol. The normalized spacial score (nSPS) is 14.4. The number of carbonyl (C=O) groups is 3. The average Bonchev–Trinajstić information content (AvgIpc) is 2.57. The molecule has 0 fully saturated rings. The van der Waals surface area contributed by atoms with E-state index in [0.717, 1.165) is 0 Å². The molecule has 0 aliphatic heterocycles. The number of carbonyl (C=O) groups excluding carboxylic acids is 2. The van der Waals surface area contributed by atoms with E-state index in [2.05, 4.69) is 5.32 Å². The fourth-order valence-corrected chi connectivity index (χ4v) is 3.83. The summed E-state index contributed by atoms with van der Waals surface area (Å²) in [6.45, 7) is 2.48. The predicted octanol–water partition coefficient (Wildman–Crippen LogP) is -0.716. The van der Waals surface area contributed by atoms with E-state index in [9.17, 15) is 14.4 Å². The second kappa shape index (κ2) is 14.2. The van der Waals surface area contributed by atoms with Crippen molar-refractivity contribution in [1.82, 2.24) is 5.32 Å².